The number of amides is 1. The van der Waals surface area contributed by atoms with Gasteiger partial charge < -0.3 is 10.2 Å². The van der Waals surface area contributed by atoms with Crippen molar-refractivity contribution in [3.63, 3.8) is 0 Å². The van der Waals surface area contributed by atoms with Gasteiger partial charge in [-0.05, 0) is 53.8 Å². The molecular weight excluding hydrogens is 452 g/mol. The van der Waals surface area contributed by atoms with Crippen LogP contribution in [0, 0.1) is 0 Å². The third kappa shape index (κ3) is 4.01. The van der Waals surface area contributed by atoms with Crippen molar-refractivity contribution in [2.75, 3.05) is 0 Å². The fraction of sp³-hybridized carbons (Fsp3) is 0.364. The maximum atomic E-state index is 14.2. The van der Waals surface area contributed by atoms with Crippen molar-refractivity contribution in [3.05, 3.63) is 68.7 Å². The van der Waals surface area contributed by atoms with Crippen LogP contribution in [0.15, 0.2) is 41.6 Å². The first kappa shape index (κ1) is 22.0. The fourth-order valence-corrected chi connectivity index (χ4v) is 4.61. The van der Waals surface area contributed by atoms with E-state index in [4.69, 9.17) is 28.0 Å². The lowest BCUT2D eigenvalue weighted by Crippen LogP contribution is -2.42. The number of halogens is 5. The van der Waals surface area contributed by atoms with Crippen molar-refractivity contribution >= 4 is 34.8 Å². The molecule has 2 aromatic rings. The van der Waals surface area contributed by atoms with Crippen LogP contribution >= 0.6 is 23.2 Å². The second-order valence-corrected chi connectivity index (χ2v) is 8.59. The molecule has 1 aliphatic carbocycles. The number of carbonyl (C=O) groups is 1. The second-order valence-electron chi connectivity index (χ2n) is 7.71. The van der Waals surface area contributed by atoms with Crippen molar-refractivity contribution in [1.82, 2.24) is 5.32 Å². The number of benzene rings is 2. The van der Waals surface area contributed by atoms with Crippen molar-refractivity contribution in [3.8, 4) is 0 Å². The predicted octanol–water partition coefficient (Wildman–Crippen LogP) is 6.09. The number of oxime groups is 1. The normalized spacial score (nSPS) is 22.6. The number of alkyl halides is 3. The highest BCUT2D eigenvalue weighted by atomic mass is 35.5. The first-order valence-corrected chi connectivity index (χ1v) is 10.6. The molecule has 2 unspecified atom stereocenters. The Morgan fingerprint density at radius 1 is 1.23 bits per heavy atom. The Kier molecular flexibility index (Phi) is 5.68. The highest BCUT2D eigenvalue weighted by Crippen LogP contribution is 2.50. The highest BCUT2D eigenvalue weighted by Gasteiger charge is 2.62. The van der Waals surface area contributed by atoms with Crippen LogP contribution in [0.25, 0.3) is 0 Å². The van der Waals surface area contributed by atoms with E-state index >= 15 is 0 Å². The van der Waals surface area contributed by atoms with Gasteiger partial charge in [0.25, 0.3) is 5.60 Å². The predicted molar refractivity (Wildman–Crippen MR) is 112 cm³/mol. The lowest BCUT2D eigenvalue weighted by atomic mass is 9.86. The highest BCUT2D eigenvalue weighted by molar-refractivity contribution is 6.34. The summed E-state index contributed by atoms with van der Waals surface area (Å²) in [4.78, 5) is 16.8. The average molecular weight is 471 g/mol. The SMILES string of the molecule is CCC(=O)NC1CCc2cc(C3=NOC(c4cc(Cl)cc(Cl)c4)(C(F)(F)F)C3)ccc21. The monoisotopic (exact) mass is 470 g/mol. The van der Waals surface area contributed by atoms with Gasteiger partial charge in [0.05, 0.1) is 11.8 Å². The summed E-state index contributed by atoms with van der Waals surface area (Å²) < 4.78 is 42.5. The van der Waals surface area contributed by atoms with Crippen LogP contribution in [-0.4, -0.2) is 17.8 Å². The summed E-state index contributed by atoms with van der Waals surface area (Å²) in [6.07, 6.45) is -3.37. The van der Waals surface area contributed by atoms with Crippen LogP contribution in [-0.2, 0) is 21.7 Å². The molecule has 2 atom stereocenters. The summed E-state index contributed by atoms with van der Waals surface area (Å²) in [7, 11) is 0. The lowest BCUT2D eigenvalue weighted by Gasteiger charge is -2.29. The van der Waals surface area contributed by atoms with Crippen molar-refractivity contribution in [1.29, 1.82) is 0 Å². The Hall–Kier alpha value is -2.25. The zero-order valence-electron chi connectivity index (χ0n) is 16.5. The average Bonchev–Trinajstić information content (AvgIpc) is 3.32. The quantitative estimate of drug-likeness (QED) is 0.587. The molecule has 9 heteroatoms. The summed E-state index contributed by atoms with van der Waals surface area (Å²) >= 11 is 11.9. The van der Waals surface area contributed by atoms with Gasteiger partial charge in [0.1, 0.15) is 0 Å². The minimum absolute atomic E-state index is 0.0364. The van der Waals surface area contributed by atoms with Gasteiger partial charge in [0.2, 0.25) is 5.91 Å². The zero-order chi connectivity index (χ0) is 22.4. The summed E-state index contributed by atoms with van der Waals surface area (Å²) in [5, 5.41) is 6.95. The van der Waals surface area contributed by atoms with Crippen molar-refractivity contribution < 1.29 is 22.8 Å². The standard InChI is InChI=1S/C22H19Cl2F3N2O2/c1-2-20(30)28-18-6-4-12-7-13(3-5-17(12)18)19-11-21(31-29-19,22(25,26)27)14-8-15(23)10-16(24)9-14/h3,5,7-10,18H,2,4,6,11H2,1H3,(H,28,30). The molecule has 1 N–H and O–H groups in total. The molecule has 4 rings (SSSR count). The van der Waals surface area contributed by atoms with Gasteiger partial charge in [0, 0.05) is 28.5 Å². The number of rotatable bonds is 4. The smallest absolute Gasteiger partial charge is 0.374 e. The first-order chi connectivity index (χ1) is 14.6. The van der Waals surface area contributed by atoms with E-state index < -0.39 is 18.2 Å². The first-order valence-electron chi connectivity index (χ1n) is 9.84. The minimum Gasteiger partial charge on any atom is -0.374 e. The number of hydrogen-bond donors (Lipinski definition) is 1. The molecule has 0 spiro atoms. The van der Waals surface area contributed by atoms with E-state index in [0.717, 1.165) is 24.0 Å². The molecule has 0 bridgehead atoms. The van der Waals surface area contributed by atoms with E-state index in [1.54, 1.807) is 13.0 Å². The van der Waals surface area contributed by atoms with E-state index in [1.165, 1.54) is 18.2 Å². The number of carbonyl (C=O) groups excluding carboxylic acids is 1. The molecule has 0 radical (unpaired) electrons. The third-order valence-electron chi connectivity index (χ3n) is 5.73. The molecule has 4 nitrogen and oxygen atoms in total. The van der Waals surface area contributed by atoms with Gasteiger partial charge in [-0.15, -0.1) is 0 Å². The lowest BCUT2D eigenvalue weighted by molar-refractivity contribution is -0.275. The van der Waals surface area contributed by atoms with E-state index in [2.05, 4.69) is 10.5 Å². The van der Waals surface area contributed by atoms with E-state index in [0.29, 0.717) is 12.0 Å². The summed E-state index contributed by atoms with van der Waals surface area (Å²) in [6, 6.07) is 9.06. The summed E-state index contributed by atoms with van der Waals surface area (Å²) in [5.41, 5.74) is -0.142. The minimum atomic E-state index is -4.74. The molecule has 0 aromatic heterocycles. The molecule has 0 fully saturated rings. The molecule has 1 aliphatic heterocycles. The molecule has 1 heterocycles. The van der Waals surface area contributed by atoms with Gasteiger partial charge in [-0.1, -0.05) is 47.4 Å². The van der Waals surface area contributed by atoms with Crippen LogP contribution in [0.4, 0.5) is 13.2 Å². The number of fused-ring (bicyclic) bond motifs is 1. The molecular formula is C22H19Cl2F3N2O2. The van der Waals surface area contributed by atoms with E-state index in [1.807, 2.05) is 12.1 Å². The number of hydrogen-bond acceptors (Lipinski definition) is 3. The number of aryl methyl sites for hydroxylation is 1. The van der Waals surface area contributed by atoms with Crippen LogP contribution in [0.5, 0.6) is 0 Å². The van der Waals surface area contributed by atoms with Gasteiger partial charge in [-0.3, -0.25) is 4.79 Å². The Morgan fingerprint density at radius 3 is 2.58 bits per heavy atom. The Labute approximate surface area is 187 Å². The number of nitrogens with zero attached hydrogens (tertiary/aromatic N) is 1. The molecule has 31 heavy (non-hydrogen) atoms. The van der Waals surface area contributed by atoms with E-state index in [-0.39, 0.29) is 33.3 Å². The van der Waals surface area contributed by atoms with Gasteiger partial charge >= 0.3 is 6.18 Å². The van der Waals surface area contributed by atoms with Gasteiger partial charge in [-0.2, -0.15) is 13.2 Å². The molecule has 0 saturated carbocycles. The van der Waals surface area contributed by atoms with Gasteiger partial charge in [0.15, 0.2) is 0 Å². The van der Waals surface area contributed by atoms with Gasteiger partial charge in [-0.25, -0.2) is 0 Å². The third-order valence-corrected chi connectivity index (χ3v) is 6.16. The fourth-order valence-electron chi connectivity index (χ4n) is 4.09. The largest absolute Gasteiger partial charge is 0.435 e. The van der Waals surface area contributed by atoms with Crippen LogP contribution in [0.3, 0.4) is 0 Å². The Balaban J connectivity index is 1.63. The topological polar surface area (TPSA) is 50.7 Å². The van der Waals surface area contributed by atoms with Crippen molar-refractivity contribution in [2.45, 2.75) is 50.4 Å². The maximum Gasteiger partial charge on any atom is 0.435 e. The molecule has 1 amide bonds. The Bertz CT molecular complexity index is 1050. The summed E-state index contributed by atoms with van der Waals surface area (Å²) in [6.45, 7) is 1.78. The molecule has 2 aromatic carbocycles. The van der Waals surface area contributed by atoms with Crippen LogP contribution < -0.4 is 5.32 Å². The molecule has 164 valence electrons. The Morgan fingerprint density at radius 2 is 1.94 bits per heavy atom. The van der Waals surface area contributed by atoms with Crippen LogP contribution in [0.1, 0.15) is 54.5 Å². The zero-order valence-corrected chi connectivity index (χ0v) is 18.0. The second kappa shape index (κ2) is 8.02. The molecule has 0 saturated heterocycles. The summed E-state index contributed by atoms with van der Waals surface area (Å²) in [5.74, 6) is -0.0364. The maximum absolute atomic E-state index is 14.2. The number of nitrogens with one attached hydrogen (secondary N) is 1. The van der Waals surface area contributed by atoms with E-state index in [9.17, 15) is 18.0 Å². The van der Waals surface area contributed by atoms with Crippen LogP contribution in [0.2, 0.25) is 10.0 Å². The molecule has 2 aliphatic rings. The van der Waals surface area contributed by atoms with Crippen molar-refractivity contribution in [2.24, 2.45) is 5.16 Å².